The molecule has 3 rings (SSSR count). The predicted molar refractivity (Wildman–Crippen MR) is 75.7 cm³/mol. The van der Waals surface area contributed by atoms with Crippen LogP contribution in [0.15, 0.2) is 36.5 Å². The molecule has 0 aliphatic heterocycles. The van der Waals surface area contributed by atoms with E-state index in [1.165, 1.54) is 36.6 Å². The molecule has 2 heteroatoms. The van der Waals surface area contributed by atoms with Crippen LogP contribution in [0.4, 0.5) is 0 Å². The number of nitrogens with one attached hydrogen (secondary N) is 1. The summed E-state index contributed by atoms with van der Waals surface area (Å²) in [6.07, 6.45) is 7.16. The number of hydrogen-bond acceptors (Lipinski definition) is 2. The average Bonchev–Trinajstić information content (AvgIpc) is 2.36. The van der Waals surface area contributed by atoms with Crippen molar-refractivity contribution >= 4 is 10.9 Å². The van der Waals surface area contributed by atoms with E-state index in [-0.39, 0.29) is 0 Å². The highest BCUT2D eigenvalue weighted by Crippen LogP contribution is 2.43. The van der Waals surface area contributed by atoms with E-state index >= 15 is 0 Å². The summed E-state index contributed by atoms with van der Waals surface area (Å²) in [4.78, 5) is 4.38. The van der Waals surface area contributed by atoms with Crippen molar-refractivity contribution in [3.63, 3.8) is 0 Å². The van der Waals surface area contributed by atoms with Gasteiger partial charge in [0.2, 0.25) is 0 Å². The number of hydrogen-bond donors (Lipinski definition) is 1. The predicted octanol–water partition coefficient (Wildman–Crippen LogP) is 3.17. The lowest BCUT2D eigenvalue weighted by atomic mass is 9.65. The van der Waals surface area contributed by atoms with Crippen LogP contribution >= 0.6 is 0 Å². The molecular formula is C16H20N2. The van der Waals surface area contributed by atoms with Gasteiger partial charge in [-0.15, -0.1) is 0 Å². The van der Waals surface area contributed by atoms with E-state index in [0.717, 1.165) is 12.1 Å². The normalized spacial score (nSPS) is 17.6. The molecule has 0 saturated heterocycles. The second kappa shape index (κ2) is 4.69. The zero-order valence-electron chi connectivity index (χ0n) is 10.9. The van der Waals surface area contributed by atoms with E-state index in [9.17, 15) is 0 Å². The first-order valence-electron chi connectivity index (χ1n) is 6.80. The summed E-state index contributed by atoms with van der Waals surface area (Å²) in [5, 5.41) is 4.61. The molecule has 1 N–H and O–H groups in total. The van der Waals surface area contributed by atoms with Gasteiger partial charge in [-0.25, -0.2) is 0 Å². The van der Waals surface area contributed by atoms with Crippen LogP contribution in [0.1, 0.15) is 24.8 Å². The monoisotopic (exact) mass is 240 g/mol. The van der Waals surface area contributed by atoms with E-state index in [1.807, 2.05) is 12.3 Å². The molecule has 0 radical (unpaired) electrons. The molecule has 94 valence electrons. The fourth-order valence-corrected chi connectivity index (χ4v) is 3.14. The van der Waals surface area contributed by atoms with Gasteiger partial charge in [0.1, 0.15) is 0 Å². The number of fused-ring (bicyclic) bond motifs is 1. The number of aromatic nitrogens is 1. The zero-order chi connectivity index (χ0) is 12.4. The fourth-order valence-electron chi connectivity index (χ4n) is 3.14. The number of nitrogens with zero attached hydrogens (tertiary/aromatic N) is 1. The van der Waals surface area contributed by atoms with Gasteiger partial charge in [-0.3, -0.25) is 4.98 Å². The summed E-state index contributed by atoms with van der Waals surface area (Å²) in [6.45, 7) is 1.14. The molecule has 1 fully saturated rings. The maximum Gasteiger partial charge on any atom is 0.0702 e. The van der Waals surface area contributed by atoms with E-state index in [4.69, 9.17) is 0 Å². The van der Waals surface area contributed by atoms with Gasteiger partial charge in [-0.05, 0) is 55.5 Å². The second-order valence-electron chi connectivity index (χ2n) is 5.59. The number of rotatable bonds is 4. The Bertz CT molecular complexity index is 544. The van der Waals surface area contributed by atoms with Crippen molar-refractivity contribution < 1.29 is 0 Å². The molecule has 0 bridgehead atoms. The summed E-state index contributed by atoms with van der Waals surface area (Å²) in [5.74, 6) is 0. The highest BCUT2D eigenvalue weighted by Gasteiger charge is 2.36. The van der Waals surface area contributed by atoms with Crippen LogP contribution in [-0.4, -0.2) is 18.6 Å². The minimum absolute atomic E-state index is 0.505. The Hall–Kier alpha value is -1.41. The summed E-state index contributed by atoms with van der Waals surface area (Å²) in [6, 6.07) is 10.9. The highest BCUT2D eigenvalue weighted by molar-refractivity contribution is 5.78. The zero-order valence-corrected chi connectivity index (χ0v) is 10.9. The molecule has 1 aromatic carbocycles. The first-order valence-corrected chi connectivity index (χ1v) is 6.80. The van der Waals surface area contributed by atoms with Crippen molar-refractivity contribution in [2.45, 2.75) is 25.7 Å². The lowest BCUT2D eigenvalue weighted by Crippen LogP contribution is -2.40. The van der Waals surface area contributed by atoms with Crippen LogP contribution in [0, 0.1) is 5.41 Å². The van der Waals surface area contributed by atoms with Gasteiger partial charge in [-0.2, -0.15) is 0 Å². The molecule has 1 saturated carbocycles. The molecule has 0 spiro atoms. The molecule has 1 aliphatic carbocycles. The summed E-state index contributed by atoms with van der Waals surface area (Å²) in [5.41, 5.74) is 3.05. The van der Waals surface area contributed by atoms with Crippen molar-refractivity contribution in [3.05, 3.63) is 42.1 Å². The van der Waals surface area contributed by atoms with Crippen LogP contribution in [0.3, 0.4) is 0 Å². The first-order chi connectivity index (χ1) is 8.81. The standard InChI is InChI=1S/C16H20N2/c1-17-12-16(7-3-8-16)11-13-5-6-15-14(10-13)4-2-9-18-15/h2,4-6,9-10,17H,3,7-8,11-12H2,1H3. The second-order valence-corrected chi connectivity index (χ2v) is 5.59. The Labute approximate surface area is 108 Å². The molecule has 1 aromatic heterocycles. The molecule has 1 heterocycles. The number of benzene rings is 1. The Kier molecular flexibility index (Phi) is 3.04. The third-order valence-corrected chi connectivity index (χ3v) is 4.21. The molecule has 1 aliphatic rings. The van der Waals surface area contributed by atoms with Gasteiger partial charge < -0.3 is 5.32 Å². The smallest absolute Gasteiger partial charge is 0.0702 e. The topological polar surface area (TPSA) is 24.9 Å². The maximum atomic E-state index is 4.38. The van der Waals surface area contributed by atoms with E-state index < -0.39 is 0 Å². The molecule has 0 amide bonds. The average molecular weight is 240 g/mol. The van der Waals surface area contributed by atoms with E-state index in [2.05, 4.69) is 41.6 Å². The van der Waals surface area contributed by atoms with E-state index in [0.29, 0.717) is 5.41 Å². The largest absolute Gasteiger partial charge is 0.319 e. The quantitative estimate of drug-likeness (QED) is 0.888. The van der Waals surface area contributed by atoms with Crippen LogP contribution in [0.5, 0.6) is 0 Å². The van der Waals surface area contributed by atoms with Crippen LogP contribution in [-0.2, 0) is 6.42 Å². The van der Waals surface area contributed by atoms with E-state index in [1.54, 1.807) is 0 Å². The Morgan fingerprint density at radius 3 is 2.89 bits per heavy atom. The van der Waals surface area contributed by atoms with Gasteiger partial charge >= 0.3 is 0 Å². The third-order valence-electron chi connectivity index (χ3n) is 4.21. The minimum atomic E-state index is 0.505. The van der Waals surface area contributed by atoms with Crippen molar-refractivity contribution in [2.75, 3.05) is 13.6 Å². The Morgan fingerprint density at radius 1 is 1.28 bits per heavy atom. The highest BCUT2D eigenvalue weighted by atomic mass is 14.8. The fraction of sp³-hybridized carbons (Fsp3) is 0.438. The molecule has 2 nitrogen and oxygen atoms in total. The lowest BCUT2D eigenvalue weighted by Gasteiger charge is -2.42. The lowest BCUT2D eigenvalue weighted by molar-refractivity contribution is 0.133. The summed E-state index contributed by atoms with van der Waals surface area (Å²) < 4.78 is 0. The van der Waals surface area contributed by atoms with Crippen molar-refractivity contribution in [1.29, 1.82) is 0 Å². The molecule has 18 heavy (non-hydrogen) atoms. The van der Waals surface area contributed by atoms with Crippen LogP contribution < -0.4 is 5.32 Å². The molecule has 0 atom stereocenters. The maximum absolute atomic E-state index is 4.38. The van der Waals surface area contributed by atoms with Gasteiger partial charge in [0.05, 0.1) is 5.52 Å². The van der Waals surface area contributed by atoms with Gasteiger partial charge in [-0.1, -0.05) is 18.6 Å². The Balaban J connectivity index is 1.86. The number of pyridine rings is 1. The van der Waals surface area contributed by atoms with Crippen molar-refractivity contribution in [3.8, 4) is 0 Å². The molecule has 2 aromatic rings. The minimum Gasteiger partial charge on any atom is -0.319 e. The third kappa shape index (κ3) is 2.13. The van der Waals surface area contributed by atoms with Gasteiger partial charge in [0, 0.05) is 18.1 Å². The summed E-state index contributed by atoms with van der Waals surface area (Å²) >= 11 is 0. The summed E-state index contributed by atoms with van der Waals surface area (Å²) in [7, 11) is 2.06. The van der Waals surface area contributed by atoms with Crippen LogP contribution in [0.2, 0.25) is 0 Å². The van der Waals surface area contributed by atoms with Gasteiger partial charge in [0.15, 0.2) is 0 Å². The van der Waals surface area contributed by atoms with Gasteiger partial charge in [0.25, 0.3) is 0 Å². The Morgan fingerprint density at radius 2 is 2.17 bits per heavy atom. The molecule has 0 unspecified atom stereocenters. The van der Waals surface area contributed by atoms with Crippen molar-refractivity contribution in [2.24, 2.45) is 5.41 Å². The molecular weight excluding hydrogens is 220 g/mol. The van der Waals surface area contributed by atoms with Crippen LogP contribution in [0.25, 0.3) is 10.9 Å². The first kappa shape index (κ1) is 11.7. The van der Waals surface area contributed by atoms with Crippen molar-refractivity contribution in [1.82, 2.24) is 10.3 Å². The SMILES string of the molecule is CNCC1(Cc2ccc3ncccc3c2)CCC1.